The SMILES string of the molecule is CC(C)CCCC(C)C1CCC2C3CC=C4C[C@H](Br)C(=O)CC4(C)C3CCC12C. The molecule has 4 rings (SSSR count). The second kappa shape index (κ2) is 8.10. The lowest BCUT2D eigenvalue weighted by Gasteiger charge is -2.58. The van der Waals surface area contributed by atoms with Crippen LogP contribution in [0.4, 0.5) is 0 Å². The smallest absolute Gasteiger partial charge is 0.147 e. The van der Waals surface area contributed by atoms with E-state index in [1.54, 1.807) is 5.57 Å². The van der Waals surface area contributed by atoms with E-state index in [0.717, 1.165) is 48.3 Å². The van der Waals surface area contributed by atoms with E-state index >= 15 is 0 Å². The molecule has 0 spiro atoms. The number of hydrogen-bond donors (Lipinski definition) is 0. The standard InChI is InChI=1S/C27H43BrO/c1-17(2)7-6-8-18(3)21-11-12-22-20-10-9-19-15-24(28)25(29)16-27(19,5)23(20)13-14-26(21,22)4/h9,17-18,20-24H,6-8,10-16H2,1-5H3/t18?,20?,21?,22?,23?,24-,26?,27?/m0/s1. The summed E-state index contributed by atoms with van der Waals surface area (Å²) in [6.45, 7) is 12.4. The average molecular weight is 464 g/mol. The Kier molecular flexibility index (Phi) is 6.17. The van der Waals surface area contributed by atoms with Crippen molar-refractivity contribution in [1.29, 1.82) is 0 Å². The van der Waals surface area contributed by atoms with Crippen molar-refractivity contribution in [2.24, 2.45) is 46.3 Å². The fraction of sp³-hybridized carbons (Fsp3) is 0.889. The van der Waals surface area contributed by atoms with Gasteiger partial charge in [0.2, 0.25) is 0 Å². The Morgan fingerprint density at radius 3 is 2.59 bits per heavy atom. The molecule has 0 aromatic rings. The van der Waals surface area contributed by atoms with E-state index in [-0.39, 0.29) is 10.2 Å². The number of allylic oxidation sites excluding steroid dienone is 2. The maximum absolute atomic E-state index is 12.6. The highest BCUT2D eigenvalue weighted by Crippen LogP contribution is 2.67. The molecule has 29 heavy (non-hydrogen) atoms. The molecule has 1 nitrogen and oxygen atoms in total. The molecule has 3 fully saturated rings. The zero-order chi connectivity index (χ0) is 21.0. The lowest BCUT2D eigenvalue weighted by molar-refractivity contribution is -0.124. The molecule has 3 saturated carbocycles. The Morgan fingerprint density at radius 2 is 1.86 bits per heavy atom. The second-order valence-electron chi connectivity index (χ2n) is 12.1. The maximum Gasteiger partial charge on any atom is 0.147 e. The molecule has 8 atom stereocenters. The van der Waals surface area contributed by atoms with Crippen molar-refractivity contribution in [2.45, 2.75) is 104 Å². The molecule has 0 bridgehead atoms. The van der Waals surface area contributed by atoms with E-state index in [1.807, 2.05) is 0 Å². The number of Topliss-reactive ketones (excluding diaryl/α,β-unsaturated/α-hetero) is 1. The van der Waals surface area contributed by atoms with Gasteiger partial charge in [0.1, 0.15) is 5.78 Å². The normalized spacial score (nSPS) is 45.4. The number of carbonyl (C=O) groups excluding carboxylic acids is 1. The summed E-state index contributed by atoms with van der Waals surface area (Å²) in [6.07, 6.45) is 15.4. The van der Waals surface area contributed by atoms with Crippen LogP contribution in [0.5, 0.6) is 0 Å². The molecule has 164 valence electrons. The van der Waals surface area contributed by atoms with Crippen LogP contribution in [0.3, 0.4) is 0 Å². The van der Waals surface area contributed by atoms with Crippen LogP contribution in [-0.2, 0) is 4.79 Å². The van der Waals surface area contributed by atoms with Gasteiger partial charge in [0.25, 0.3) is 0 Å². The third-order valence-corrected chi connectivity index (χ3v) is 11.0. The van der Waals surface area contributed by atoms with E-state index in [4.69, 9.17) is 0 Å². The Labute approximate surface area is 188 Å². The van der Waals surface area contributed by atoms with E-state index in [0.29, 0.717) is 11.2 Å². The summed E-state index contributed by atoms with van der Waals surface area (Å²) >= 11 is 3.64. The van der Waals surface area contributed by atoms with E-state index in [1.165, 1.54) is 51.4 Å². The topological polar surface area (TPSA) is 17.1 Å². The molecule has 0 radical (unpaired) electrons. The molecule has 0 amide bonds. The second-order valence-corrected chi connectivity index (χ2v) is 13.2. The van der Waals surface area contributed by atoms with Crippen molar-refractivity contribution in [1.82, 2.24) is 0 Å². The summed E-state index contributed by atoms with van der Waals surface area (Å²) in [4.78, 5) is 12.7. The molecule has 7 unspecified atom stereocenters. The van der Waals surface area contributed by atoms with Crippen LogP contribution in [0.25, 0.3) is 0 Å². The molecule has 0 aliphatic heterocycles. The van der Waals surface area contributed by atoms with Gasteiger partial charge in [0.05, 0.1) is 4.83 Å². The Morgan fingerprint density at radius 1 is 1.10 bits per heavy atom. The predicted octanol–water partition coefficient (Wildman–Crippen LogP) is 7.97. The summed E-state index contributed by atoms with van der Waals surface area (Å²) in [5, 5.41) is 0. The minimum absolute atomic E-state index is 0.0646. The summed E-state index contributed by atoms with van der Waals surface area (Å²) in [7, 11) is 0. The fourth-order valence-corrected chi connectivity index (χ4v) is 9.03. The van der Waals surface area contributed by atoms with Crippen molar-refractivity contribution < 1.29 is 4.79 Å². The molecule has 4 aliphatic rings. The van der Waals surface area contributed by atoms with Gasteiger partial charge < -0.3 is 0 Å². The summed E-state index contributed by atoms with van der Waals surface area (Å²) in [5.74, 6) is 5.50. The molecule has 4 aliphatic carbocycles. The summed E-state index contributed by atoms with van der Waals surface area (Å²) in [5.41, 5.74) is 2.28. The van der Waals surface area contributed by atoms with Gasteiger partial charge in [0.15, 0.2) is 0 Å². The monoisotopic (exact) mass is 462 g/mol. The summed E-state index contributed by atoms with van der Waals surface area (Å²) < 4.78 is 0. The lowest BCUT2D eigenvalue weighted by Crippen LogP contribution is -2.52. The van der Waals surface area contributed by atoms with Crippen LogP contribution >= 0.6 is 15.9 Å². The summed E-state index contributed by atoms with van der Waals surface area (Å²) in [6, 6.07) is 0. The van der Waals surface area contributed by atoms with Gasteiger partial charge in [-0.3, -0.25) is 4.79 Å². The first kappa shape index (κ1) is 22.1. The van der Waals surface area contributed by atoms with Crippen molar-refractivity contribution >= 4 is 21.7 Å². The third-order valence-electron chi connectivity index (χ3n) is 10.1. The van der Waals surface area contributed by atoms with Gasteiger partial charge in [-0.25, -0.2) is 0 Å². The van der Waals surface area contributed by atoms with Gasteiger partial charge >= 0.3 is 0 Å². The van der Waals surface area contributed by atoms with E-state index in [9.17, 15) is 4.79 Å². The molecule has 0 N–H and O–H groups in total. The number of carbonyl (C=O) groups is 1. The van der Waals surface area contributed by atoms with E-state index < -0.39 is 0 Å². The number of alkyl halides is 1. The minimum atomic E-state index is 0.0646. The highest BCUT2D eigenvalue weighted by Gasteiger charge is 2.59. The van der Waals surface area contributed by atoms with E-state index in [2.05, 4.69) is 56.6 Å². The maximum atomic E-state index is 12.6. The van der Waals surface area contributed by atoms with Gasteiger partial charge in [0, 0.05) is 6.42 Å². The van der Waals surface area contributed by atoms with Crippen LogP contribution in [0, 0.1) is 46.3 Å². The van der Waals surface area contributed by atoms with Crippen LogP contribution in [0.1, 0.15) is 98.8 Å². The first-order valence-electron chi connectivity index (χ1n) is 12.5. The highest BCUT2D eigenvalue weighted by molar-refractivity contribution is 9.10. The molecular formula is C27H43BrO. The zero-order valence-corrected chi connectivity index (χ0v) is 21.1. The molecular weight excluding hydrogens is 420 g/mol. The number of rotatable bonds is 5. The van der Waals surface area contributed by atoms with Crippen LogP contribution < -0.4 is 0 Å². The van der Waals surface area contributed by atoms with Crippen LogP contribution in [0.2, 0.25) is 0 Å². The minimum Gasteiger partial charge on any atom is -0.298 e. The predicted molar refractivity (Wildman–Crippen MR) is 126 cm³/mol. The zero-order valence-electron chi connectivity index (χ0n) is 19.5. The number of hydrogen-bond acceptors (Lipinski definition) is 1. The average Bonchev–Trinajstić information content (AvgIpc) is 3.00. The van der Waals surface area contributed by atoms with Crippen molar-refractivity contribution in [3.63, 3.8) is 0 Å². The fourth-order valence-electron chi connectivity index (χ4n) is 8.52. The Bertz CT molecular complexity index is 665. The lowest BCUT2D eigenvalue weighted by atomic mass is 9.47. The van der Waals surface area contributed by atoms with Crippen molar-refractivity contribution in [3.8, 4) is 0 Å². The van der Waals surface area contributed by atoms with Gasteiger partial charge in [-0.1, -0.05) is 81.5 Å². The number of halogens is 1. The van der Waals surface area contributed by atoms with Gasteiger partial charge in [-0.2, -0.15) is 0 Å². The van der Waals surface area contributed by atoms with Crippen LogP contribution in [-0.4, -0.2) is 10.6 Å². The Hall–Kier alpha value is -0.110. The first-order chi connectivity index (χ1) is 13.7. The van der Waals surface area contributed by atoms with Crippen molar-refractivity contribution in [3.05, 3.63) is 11.6 Å². The van der Waals surface area contributed by atoms with Crippen LogP contribution in [0.15, 0.2) is 11.6 Å². The Balaban J connectivity index is 1.51. The molecule has 2 heteroatoms. The number of ketones is 1. The molecule has 0 saturated heterocycles. The first-order valence-corrected chi connectivity index (χ1v) is 13.4. The third kappa shape index (κ3) is 3.72. The number of fused-ring (bicyclic) bond motifs is 5. The molecule has 0 aromatic heterocycles. The molecule has 0 aromatic carbocycles. The largest absolute Gasteiger partial charge is 0.298 e. The van der Waals surface area contributed by atoms with Crippen molar-refractivity contribution in [2.75, 3.05) is 0 Å². The van der Waals surface area contributed by atoms with Gasteiger partial charge in [-0.15, -0.1) is 0 Å². The highest BCUT2D eigenvalue weighted by atomic mass is 79.9. The quantitative estimate of drug-likeness (QED) is 0.298. The van der Waals surface area contributed by atoms with Gasteiger partial charge in [-0.05, 0) is 84.9 Å². The molecule has 0 heterocycles.